The molecular weight excluding hydrogens is 438 g/mol. The van der Waals surface area contributed by atoms with Crippen LogP contribution in [0.2, 0.25) is 0 Å². The lowest BCUT2D eigenvalue weighted by Gasteiger charge is -2.28. The van der Waals surface area contributed by atoms with Gasteiger partial charge >= 0.3 is 12.2 Å². The van der Waals surface area contributed by atoms with Gasteiger partial charge in [0.2, 0.25) is 5.91 Å². The Kier molecular flexibility index (Phi) is 10.2. The van der Waals surface area contributed by atoms with E-state index in [9.17, 15) is 19.5 Å². The number of benzene rings is 1. The molecule has 1 aromatic rings. The Bertz CT molecular complexity index is 809. The fourth-order valence-corrected chi connectivity index (χ4v) is 3.72. The number of β-amino-alcohol motifs (C(OH)–C–C–N with tert-alkyl or cyclic N) is 1. The SMILES string of the molecule is CC(C)C[C@H](NC(=O)OC(C)(C)C)C(=O)N[C@@H]1CCCN(C(=O)OCc2ccccc2)CC1O. The van der Waals surface area contributed by atoms with Crippen molar-refractivity contribution in [3.63, 3.8) is 0 Å². The number of rotatable bonds is 7. The van der Waals surface area contributed by atoms with Crippen LogP contribution in [0.3, 0.4) is 0 Å². The van der Waals surface area contributed by atoms with Crippen LogP contribution in [0.25, 0.3) is 0 Å². The van der Waals surface area contributed by atoms with Crippen molar-refractivity contribution in [3.05, 3.63) is 35.9 Å². The van der Waals surface area contributed by atoms with E-state index in [1.165, 1.54) is 4.90 Å². The molecule has 34 heavy (non-hydrogen) atoms. The number of nitrogens with zero attached hydrogens (tertiary/aromatic N) is 1. The topological polar surface area (TPSA) is 117 Å². The lowest BCUT2D eigenvalue weighted by molar-refractivity contribution is -0.125. The third-order valence-electron chi connectivity index (χ3n) is 5.32. The van der Waals surface area contributed by atoms with E-state index in [1.54, 1.807) is 20.8 Å². The number of carbonyl (C=O) groups excluding carboxylic acids is 3. The molecule has 3 amide bonds. The summed E-state index contributed by atoms with van der Waals surface area (Å²) >= 11 is 0. The van der Waals surface area contributed by atoms with Crippen molar-refractivity contribution in [2.45, 2.75) is 84.3 Å². The van der Waals surface area contributed by atoms with Gasteiger partial charge in [-0.25, -0.2) is 9.59 Å². The molecule has 1 aliphatic heterocycles. The molecule has 0 spiro atoms. The van der Waals surface area contributed by atoms with Gasteiger partial charge in [0.1, 0.15) is 18.2 Å². The summed E-state index contributed by atoms with van der Waals surface area (Å²) in [6, 6.07) is 8.03. The summed E-state index contributed by atoms with van der Waals surface area (Å²) in [5, 5.41) is 16.2. The molecule has 3 atom stereocenters. The predicted molar refractivity (Wildman–Crippen MR) is 128 cm³/mol. The van der Waals surface area contributed by atoms with E-state index in [4.69, 9.17) is 9.47 Å². The fourth-order valence-electron chi connectivity index (χ4n) is 3.72. The number of ether oxygens (including phenoxy) is 2. The van der Waals surface area contributed by atoms with Crippen LogP contribution in [0.4, 0.5) is 9.59 Å². The second-order valence-corrected chi connectivity index (χ2v) is 10.1. The zero-order chi connectivity index (χ0) is 25.3. The third kappa shape index (κ3) is 9.59. The minimum Gasteiger partial charge on any atom is -0.445 e. The molecule has 0 aromatic heterocycles. The molecule has 1 fully saturated rings. The molecule has 9 heteroatoms. The number of carbonyl (C=O) groups is 3. The Hall–Kier alpha value is -2.81. The first-order chi connectivity index (χ1) is 15.9. The number of hydrogen-bond acceptors (Lipinski definition) is 6. The van der Waals surface area contributed by atoms with E-state index in [0.29, 0.717) is 25.8 Å². The van der Waals surface area contributed by atoms with E-state index in [1.807, 2.05) is 44.2 Å². The van der Waals surface area contributed by atoms with Crippen molar-refractivity contribution >= 4 is 18.1 Å². The number of hydrogen-bond donors (Lipinski definition) is 3. The summed E-state index contributed by atoms with van der Waals surface area (Å²) in [6.45, 7) is 9.79. The maximum absolute atomic E-state index is 13.0. The van der Waals surface area contributed by atoms with E-state index in [0.717, 1.165) is 5.56 Å². The molecule has 1 heterocycles. The van der Waals surface area contributed by atoms with Crippen LogP contribution in [0.1, 0.15) is 59.4 Å². The van der Waals surface area contributed by atoms with Gasteiger partial charge in [0.25, 0.3) is 0 Å². The normalized spacial score (nSPS) is 19.7. The van der Waals surface area contributed by atoms with E-state index in [2.05, 4.69) is 10.6 Å². The van der Waals surface area contributed by atoms with Gasteiger partial charge in [0, 0.05) is 6.54 Å². The Balaban J connectivity index is 1.93. The lowest BCUT2D eigenvalue weighted by Crippen LogP contribution is -2.54. The van der Waals surface area contributed by atoms with Gasteiger partial charge in [-0.15, -0.1) is 0 Å². The fraction of sp³-hybridized carbons (Fsp3) is 0.640. The molecule has 190 valence electrons. The molecule has 2 rings (SSSR count). The maximum Gasteiger partial charge on any atom is 0.410 e. The Morgan fingerprint density at radius 2 is 1.85 bits per heavy atom. The smallest absolute Gasteiger partial charge is 0.410 e. The number of likely N-dealkylation sites (tertiary alicyclic amines) is 1. The number of aliphatic hydroxyl groups excluding tert-OH is 1. The minimum atomic E-state index is -0.961. The Morgan fingerprint density at radius 1 is 1.18 bits per heavy atom. The van der Waals surface area contributed by atoms with E-state index in [-0.39, 0.29) is 25.0 Å². The van der Waals surface area contributed by atoms with Crippen molar-refractivity contribution in [3.8, 4) is 0 Å². The highest BCUT2D eigenvalue weighted by Crippen LogP contribution is 2.15. The molecule has 1 aliphatic rings. The number of amides is 3. The lowest BCUT2D eigenvalue weighted by atomic mass is 10.0. The number of nitrogens with one attached hydrogen (secondary N) is 2. The Morgan fingerprint density at radius 3 is 2.47 bits per heavy atom. The van der Waals surface area contributed by atoms with Crippen molar-refractivity contribution in [2.24, 2.45) is 5.92 Å². The van der Waals surface area contributed by atoms with Gasteiger partial charge in [0.15, 0.2) is 0 Å². The predicted octanol–water partition coefficient (Wildman–Crippen LogP) is 3.20. The van der Waals surface area contributed by atoms with E-state index >= 15 is 0 Å². The second kappa shape index (κ2) is 12.6. The van der Waals surface area contributed by atoms with Crippen molar-refractivity contribution < 1.29 is 29.0 Å². The van der Waals surface area contributed by atoms with Gasteiger partial charge < -0.3 is 30.1 Å². The molecule has 3 N–H and O–H groups in total. The Labute approximate surface area is 202 Å². The largest absolute Gasteiger partial charge is 0.445 e. The standard InChI is InChI=1S/C25H39N3O6/c1-17(2)14-20(27-23(31)34-25(3,4)5)22(30)26-19-12-9-13-28(15-21(19)29)24(32)33-16-18-10-7-6-8-11-18/h6-8,10-11,17,19-21,29H,9,12-16H2,1-5H3,(H,26,30)(H,27,31)/t19-,20+,21?/m1/s1. The number of aliphatic hydroxyl groups is 1. The summed E-state index contributed by atoms with van der Waals surface area (Å²) in [7, 11) is 0. The molecule has 0 radical (unpaired) electrons. The molecule has 1 saturated heterocycles. The molecule has 1 unspecified atom stereocenters. The van der Waals surface area contributed by atoms with Gasteiger partial charge in [-0.3, -0.25) is 4.79 Å². The first-order valence-corrected chi connectivity index (χ1v) is 11.9. The van der Waals surface area contributed by atoms with Crippen LogP contribution >= 0.6 is 0 Å². The van der Waals surface area contributed by atoms with Gasteiger partial charge in [0.05, 0.1) is 18.7 Å². The van der Waals surface area contributed by atoms with Gasteiger partial charge in [-0.2, -0.15) is 0 Å². The first-order valence-electron chi connectivity index (χ1n) is 11.9. The quantitative estimate of drug-likeness (QED) is 0.555. The molecule has 0 saturated carbocycles. The highest BCUT2D eigenvalue weighted by Gasteiger charge is 2.32. The summed E-state index contributed by atoms with van der Waals surface area (Å²) in [5.74, 6) is -0.233. The summed E-state index contributed by atoms with van der Waals surface area (Å²) in [4.78, 5) is 39.2. The van der Waals surface area contributed by atoms with Crippen LogP contribution in [-0.2, 0) is 20.9 Å². The van der Waals surface area contributed by atoms with Gasteiger partial charge in [-0.05, 0) is 51.5 Å². The first kappa shape index (κ1) is 27.4. The van der Waals surface area contributed by atoms with Crippen LogP contribution in [-0.4, -0.2) is 65.0 Å². The van der Waals surface area contributed by atoms with Crippen molar-refractivity contribution in [2.75, 3.05) is 13.1 Å². The average molecular weight is 478 g/mol. The van der Waals surface area contributed by atoms with Crippen LogP contribution in [0.15, 0.2) is 30.3 Å². The number of alkyl carbamates (subject to hydrolysis) is 1. The maximum atomic E-state index is 13.0. The molecule has 0 aliphatic carbocycles. The zero-order valence-corrected chi connectivity index (χ0v) is 20.9. The zero-order valence-electron chi connectivity index (χ0n) is 20.9. The van der Waals surface area contributed by atoms with Crippen LogP contribution in [0.5, 0.6) is 0 Å². The summed E-state index contributed by atoms with van der Waals surface area (Å²) in [6.07, 6.45) is -0.614. The minimum absolute atomic E-state index is 0.0485. The van der Waals surface area contributed by atoms with Crippen LogP contribution in [0, 0.1) is 5.92 Å². The molecular formula is C25H39N3O6. The summed E-state index contributed by atoms with van der Waals surface area (Å²) < 4.78 is 10.7. The molecule has 9 nitrogen and oxygen atoms in total. The molecule has 1 aromatic carbocycles. The molecule has 0 bridgehead atoms. The second-order valence-electron chi connectivity index (χ2n) is 10.1. The summed E-state index contributed by atoms with van der Waals surface area (Å²) in [5.41, 5.74) is 0.198. The average Bonchev–Trinajstić information content (AvgIpc) is 2.92. The van der Waals surface area contributed by atoms with Crippen molar-refractivity contribution in [1.29, 1.82) is 0 Å². The monoisotopic (exact) mass is 477 g/mol. The van der Waals surface area contributed by atoms with Crippen LogP contribution < -0.4 is 10.6 Å². The highest BCUT2D eigenvalue weighted by molar-refractivity contribution is 5.86. The highest BCUT2D eigenvalue weighted by atomic mass is 16.6. The third-order valence-corrected chi connectivity index (χ3v) is 5.32. The van der Waals surface area contributed by atoms with E-state index < -0.39 is 36.0 Å². The van der Waals surface area contributed by atoms with Crippen molar-refractivity contribution in [1.82, 2.24) is 15.5 Å². The van der Waals surface area contributed by atoms with Gasteiger partial charge in [-0.1, -0.05) is 44.2 Å².